The summed E-state index contributed by atoms with van der Waals surface area (Å²) < 4.78 is 10.0. The lowest BCUT2D eigenvalue weighted by atomic mass is 10.2. The molecule has 0 N–H and O–H groups in total. The van der Waals surface area contributed by atoms with Crippen LogP contribution in [0.1, 0.15) is 12.5 Å². The minimum atomic E-state index is -0.206. The molecule has 1 rings (SSSR count). The lowest BCUT2D eigenvalue weighted by Crippen LogP contribution is -2.33. The van der Waals surface area contributed by atoms with E-state index < -0.39 is 0 Å². The lowest BCUT2D eigenvalue weighted by Gasteiger charge is -2.20. The molecule has 0 aliphatic carbocycles. The number of pyridine rings is 1. The van der Waals surface area contributed by atoms with Gasteiger partial charge in [-0.1, -0.05) is 0 Å². The van der Waals surface area contributed by atoms with Gasteiger partial charge in [0.25, 0.3) is 0 Å². The second-order valence-electron chi connectivity index (χ2n) is 3.86. The minimum Gasteiger partial charge on any atom is -0.465 e. The Morgan fingerprint density at radius 2 is 2.11 bits per heavy atom. The van der Waals surface area contributed by atoms with Crippen LogP contribution < -0.4 is 0 Å². The molecule has 0 fully saturated rings. The Hall–Kier alpha value is -1.46. The molecule has 0 saturated heterocycles. The molecule has 0 atom stereocenters. The van der Waals surface area contributed by atoms with E-state index >= 15 is 0 Å². The molecule has 18 heavy (non-hydrogen) atoms. The first-order valence-corrected chi connectivity index (χ1v) is 6.02. The third-order valence-corrected chi connectivity index (χ3v) is 2.43. The minimum absolute atomic E-state index is 0.206. The van der Waals surface area contributed by atoms with Crippen molar-refractivity contribution in [2.75, 3.05) is 33.4 Å². The first-order valence-electron chi connectivity index (χ1n) is 6.02. The molecule has 1 heterocycles. The van der Waals surface area contributed by atoms with Gasteiger partial charge in [0.15, 0.2) is 0 Å². The Morgan fingerprint density at radius 3 is 2.72 bits per heavy atom. The fourth-order valence-electron chi connectivity index (χ4n) is 1.57. The van der Waals surface area contributed by atoms with E-state index in [-0.39, 0.29) is 12.5 Å². The van der Waals surface area contributed by atoms with E-state index in [4.69, 9.17) is 9.47 Å². The molecule has 5 nitrogen and oxygen atoms in total. The zero-order chi connectivity index (χ0) is 13.2. The number of hydrogen-bond donors (Lipinski definition) is 0. The van der Waals surface area contributed by atoms with Crippen LogP contribution in [0.25, 0.3) is 0 Å². The number of carbonyl (C=O) groups excluding carboxylic acids is 1. The van der Waals surface area contributed by atoms with Crippen molar-refractivity contribution >= 4 is 5.97 Å². The number of hydrogen-bond acceptors (Lipinski definition) is 5. The zero-order valence-electron chi connectivity index (χ0n) is 11.0. The first kappa shape index (κ1) is 14.6. The molecule has 0 bridgehead atoms. The van der Waals surface area contributed by atoms with Gasteiger partial charge in [0.2, 0.25) is 0 Å². The fraction of sp³-hybridized carbons (Fsp3) is 0.538. The average molecular weight is 252 g/mol. The van der Waals surface area contributed by atoms with E-state index in [9.17, 15) is 4.79 Å². The Morgan fingerprint density at radius 1 is 1.39 bits per heavy atom. The Kier molecular flexibility index (Phi) is 6.98. The predicted molar refractivity (Wildman–Crippen MR) is 68.0 cm³/mol. The smallest absolute Gasteiger partial charge is 0.320 e. The van der Waals surface area contributed by atoms with Gasteiger partial charge in [-0.25, -0.2) is 0 Å². The molecule has 1 aromatic rings. The maximum atomic E-state index is 11.5. The topological polar surface area (TPSA) is 51.7 Å². The van der Waals surface area contributed by atoms with E-state index in [0.717, 1.165) is 5.56 Å². The molecule has 0 amide bonds. The Balaban J connectivity index is 2.52. The highest BCUT2D eigenvalue weighted by Crippen LogP contribution is 2.03. The van der Waals surface area contributed by atoms with Crippen LogP contribution in [0.5, 0.6) is 0 Å². The van der Waals surface area contributed by atoms with Gasteiger partial charge >= 0.3 is 5.97 Å². The Labute approximate surface area is 108 Å². The monoisotopic (exact) mass is 252 g/mol. The summed E-state index contributed by atoms with van der Waals surface area (Å²) in [5.41, 5.74) is 1.12. The van der Waals surface area contributed by atoms with Gasteiger partial charge < -0.3 is 9.47 Å². The molecular formula is C13H20N2O3. The van der Waals surface area contributed by atoms with Crippen LogP contribution in [0.2, 0.25) is 0 Å². The maximum absolute atomic E-state index is 11.5. The average Bonchev–Trinajstić information content (AvgIpc) is 2.37. The van der Waals surface area contributed by atoms with Crippen LogP contribution in [-0.4, -0.2) is 49.3 Å². The number of carbonyl (C=O) groups is 1. The third kappa shape index (κ3) is 5.75. The highest BCUT2D eigenvalue weighted by Gasteiger charge is 2.11. The second kappa shape index (κ2) is 8.60. The summed E-state index contributed by atoms with van der Waals surface area (Å²) in [5, 5.41) is 0. The quantitative estimate of drug-likeness (QED) is 0.648. The van der Waals surface area contributed by atoms with Crippen molar-refractivity contribution in [3.05, 3.63) is 30.1 Å². The summed E-state index contributed by atoms with van der Waals surface area (Å²) in [6, 6.07) is 3.87. The number of ether oxygens (including phenoxy) is 2. The van der Waals surface area contributed by atoms with Gasteiger partial charge in [0.1, 0.15) is 0 Å². The van der Waals surface area contributed by atoms with Crippen LogP contribution in [0.4, 0.5) is 0 Å². The number of aromatic nitrogens is 1. The van der Waals surface area contributed by atoms with Crippen LogP contribution >= 0.6 is 0 Å². The van der Waals surface area contributed by atoms with Crippen molar-refractivity contribution in [3.63, 3.8) is 0 Å². The highest BCUT2D eigenvalue weighted by atomic mass is 16.5. The summed E-state index contributed by atoms with van der Waals surface area (Å²) in [6.07, 6.45) is 3.49. The van der Waals surface area contributed by atoms with Crippen molar-refractivity contribution in [1.29, 1.82) is 0 Å². The summed E-state index contributed by atoms with van der Waals surface area (Å²) in [4.78, 5) is 17.5. The first-order chi connectivity index (χ1) is 8.76. The fourth-order valence-corrected chi connectivity index (χ4v) is 1.57. The summed E-state index contributed by atoms with van der Waals surface area (Å²) in [5.74, 6) is -0.206. The Bertz CT molecular complexity index is 343. The molecule has 1 aromatic heterocycles. The zero-order valence-corrected chi connectivity index (χ0v) is 11.0. The van der Waals surface area contributed by atoms with Crippen molar-refractivity contribution in [2.45, 2.75) is 13.5 Å². The standard InChI is InChI=1S/C13H20N2O3/c1-3-18-13(16)11-15(8-9-17-2)10-12-4-6-14-7-5-12/h4-7H,3,8-11H2,1-2H3. The molecular weight excluding hydrogens is 232 g/mol. The van der Waals surface area contributed by atoms with Crippen LogP contribution in [0.3, 0.4) is 0 Å². The second-order valence-corrected chi connectivity index (χ2v) is 3.86. The molecule has 0 unspecified atom stereocenters. The molecule has 0 saturated carbocycles. The molecule has 100 valence electrons. The normalized spacial score (nSPS) is 10.6. The van der Waals surface area contributed by atoms with Crippen molar-refractivity contribution < 1.29 is 14.3 Å². The van der Waals surface area contributed by atoms with E-state index in [0.29, 0.717) is 26.3 Å². The van der Waals surface area contributed by atoms with Crippen molar-refractivity contribution in [1.82, 2.24) is 9.88 Å². The van der Waals surface area contributed by atoms with Gasteiger partial charge in [0.05, 0.1) is 19.8 Å². The highest BCUT2D eigenvalue weighted by molar-refractivity contribution is 5.71. The van der Waals surface area contributed by atoms with Crippen LogP contribution in [0, 0.1) is 0 Å². The van der Waals surface area contributed by atoms with E-state index in [1.165, 1.54) is 0 Å². The number of nitrogens with zero attached hydrogens (tertiary/aromatic N) is 2. The van der Waals surface area contributed by atoms with Crippen molar-refractivity contribution in [2.24, 2.45) is 0 Å². The largest absolute Gasteiger partial charge is 0.465 e. The van der Waals surface area contributed by atoms with E-state index in [1.807, 2.05) is 17.0 Å². The van der Waals surface area contributed by atoms with Gasteiger partial charge in [-0.05, 0) is 24.6 Å². The molecule has 0 aliphatic heterocycles. The summed E-state index contributed by atoms with van der Waals surface area (Å²) >= 11 is 0. The summed E-state index contributed by atoms with van der Waals surface area (Å²) in [6.45, 7) is 4.46. The lowest BCUT2D eigenvalue weighted by molar-refractivity contribution is -0.144. The molecule has 5 heteroatoms. The molecule has 0 aromatic carbocycles. The van der Waals surface area contributed by atoms with Crippen LogP contribution in [-0.2, 0) is 20.8 Å². The number of esters is 1. The van der Waals surface area contributed by atoms with Gasteiger partial charge in [-0.2, -0.15) is 0 Å². The van der Waals surface area contributed by atoms with Gasteiger partial charge in [0, 0.05) is 32.6 Å². The molecule has 0 aliphatic rings. The van der Waals surface area contributed by atoms with Gasteiger partial charge in [-0.15, -0.1) is 0 Å². The van der Waals surface area contributed by atoms with E-state index in [2.05, 4.69) is 4.98 Å². The number of methoxy groups -OCH3 is 1. The van der Waals surface area contributed by atoms with Crippen molar-refractivity contribution in [3.8, 4) is 0 Å². The number of rotatable bonds is 8. The maximum Gasteiger partial charge on any atom is 0.320 e. The molecule has 0 radical (unpaired) electrons. The third-order valence-electron chi connectivity index (χ3n) is 2.43. The van der Waals surface area contributed by atoms with Crippen LogP contribution in [0.15, 0.2) is 24.5 Å². The SMILES string of the molecule is CCOC(=O)CN(CCOC)Cc1ccncc1. The van der Waals surface area contributed by atoms with Gasteiger partial charge in [-0.3, -0.25) is 14.7 Å². The molecule has 0 spiro atoms. The summed E-state index contributed by atoms with van der Waals surface area (Å²) in [7, 11) is 1.65. The predicted octanol–water partition coefficient (Wildman–Crippen LogP) is 1.09. The van der Waals surface area contributed by atoms with E-state index in [1.54, 1.807) is 26.4 Å².